The van der Waals surface area contributed by atoms with E-state index in [1.165, 1.54) is 20.8 Å². The van der Waals surface area contributed by atoms with Crippen LogP contribution in [-0.2, 0) is 23.9 Å². The number of amides is 3. The summed E-state index contributed by atoms with van der Waals surface area (Å²) in [6.45, 7) is 4.21. The number of rotatable bonds is 6. The van der Waals surface area contributed by atoms with E-state index in [1.54, 1.807) is 24.3 Å². The van der Waals surface area contributed by atoms with Gasteiger partial charge in [-0.25, -0.2) is 4.79 Å². The van der Waals surface area contributed by atoms with Crippen LogP contribution in [0.25, 0.3) is 0 Å². The van der Waals surface area contributed by atoms with Gasteiger partial charge in [0.15, 0.2) is 11.9 Å². The predicted molar refractivity (Wildman–Crippen MR) is 107 cm³/mol. The molecule has 1 heterocycles. The van der Waals surface area contributed by atoms with E-state index in [0.717, 1.165) is 17.7 Å². The topological polar surface area (TPSA) is 110 Å². The number of Topliss-reactive ketones (excluding diaryl/α,β-unsaturated/α-hetero) is 1. The molecule has 1 aliphatic heterocycles. The molecule has 2 aliphatic rings. The molecule has 30 heavy (non-hydrogen) atoms. The van der Waals surface area contributed by atoms with Crippen molar-refractivity contribution in [3.63, 3.8) is 0 Å². The number of anilines is 1. The molecule has 0 bridgehead atoms. The number of carbonyl (C=O) groups excluding carboxylic acids is 5. The lowest BCUT2D eigenvalue weighted by atomic mass is 9.81. The Hall–Kier alpha value is -3.03. The van der Waals surface area contributed by atoms with Crippen LogP contribution in [-0.4, -0.2) is 46.5 Å². The summed E-state index contributed by atoms with van der Waals surface area (Å²) >= 11 is 0. The van der Waals surface area contributed by atoms with E-state index in [4.69, 9.17) is 4.74 Å². The summed E-state index contributed by atoms with van der Waals surface area (Å²) in [6, 6.07) is 5.41. The van der Waals surface area contributed by atoms with Crippen LogP contribution < -0.4 is 5.32 Å². The Labute approximate surface area is 174 Å². The van der Waals surface area contributed by atoms with E-state index in [-0.39, 0.29) is 29.4 Å². The molecule has 8 heteroatoms. The zero-order valence-electron chi connectivity index (χ0n) is 17.3. The van der Waals surface area contributed by atoms with Crippen LogP contribution >= 0.6 is 0 Å². The number of fused-ring (bicyclic) bond motifs is 1. The van der Waals surface area contributed by atoms with E-state index < -0.39 is 24.0 Å². The van der Waals surface area contributed by atoms with Crippen molar-refractivity contribution in [1.29, 1.82) is 0 Å². The molecule has 3 amide bonds. The fourth-order valence-corrected chi connectivity index (χ4v) is 4.13. The summed E-state index contributed by atoms with van der Waals surface area (Å²) in [4.78, 5) is 63.0. The average molecular weight is 414 g/mol. The Kier molecular flexibility index (Phi) is 6.34. The normalized spacial score (nSPS) is 22.8. The zero-order valence-corrected chi connectivity index (χ0v) is 17.3. The second-order valence-electron chi connectivity index (χ2n) is 7.89. The highest BCUT2D eigenvalue weighted by Crippen LogP contribution is 2.39. The SMILES string of the molecule is CC(=O)c1ccccc1NC(=O)[C@@H](C)OC(=O)[C@H](C)N1C(=O)[C@H]2CCCC[C@@H]2C1=O. The number of ketones is 1. The molecular weight excluding hydrogens is 388 g/mol. The Morgan fingerprint density at radius 2 is 1.60 bits per heavy atom. The van der Waals surface area contributed by atoms with Gasteiger partial charge in [0.05, 0.1) is 17.5 Å². The molecule has 0 spiro atoms. The number of carbonyl (C=O) groups is 5. The number of nitrogens with one attached hydrogen (secondary N) is 1. The fraction of sp³-hybridized carbons (Fsp3) is 0.500. The van der Waals surface area contributed by atoms with Crippen molar-refractivity contribution in [3.8, 4) is 0 Å². The molecule has 8 nitrogen and oxygen atoms in total. The maximum atomic E-state index is 12.6. The average Bonchev–Trinajstić information content (AvgIpc) is 2.98. The minimum absolute atomic E-state index is 0.211. The number of hydrogen-bond acceptors (Lipinski definition) is 6. The Morgan fingerprint density at radius 1 is 1.03 bits per heavy atom. The molecule has 1 saturated carbocycles. The minimum Gasteiger partial charge on any atom is -0.451 e. The van der Waals surface area contributed by atoms with E-state index in [0.29, 0.717) is 24.1 Å². The quantitative estimate of drug-likeness (QED) is 0.435. The lowest BCUT2D eigenvalue weighted by Gasteiger charge is -2.23. The van der Waals surface area contributed by atoms with Gasteiger partial charge in [0.2, 0.25) is 11.8 Å². The highest BCUT2D eigenvalue weighted by molar-refractivity contribution is 6.08. The second kappa shape index (κ2) is 8.77. The first-order valence-corrected chi connectivity index (χ1v) is 10.2. The van der Waals surface area contributed by atoms with Gasteiger partial charge < -0.3 is 10.1 Å². The van der Waals surface area contributed by atoms with E-state index in [2.05, 4.69) is 5.32 Å². The zero-order chi connectivity index (χ0) is 22.0. The van der Waals surface area contributed by atoms with E-state index in [1.807, 2.05) is 0 Å². The van der Waals surface area contributed by atoms with Gasteiger partial charge in [-0.05, 0) is 45.7 Å². The summed E-state index contributed by atoms with van der Waals surface area (Å²) < 4.78 is 5.23. The highest BCUT2D eigenvalue weighted by atomic mass is 16.5. The molecule has 2 fully saturated rings. The second-order valence-corrected chi connectivity index (χ2v) is 7.89. The molecule has 1 saturated heterocycles. The van der Waals surface area contributed by atoms with Crippen LogP contribution in [0.4, 0.5) is 5.69 Å². The van der Waals surface area contributed by atoms with Crippen LogP contribution in [0.2, 0.25) is 0 Å². The van der Waals surface area contributed by atoms with Gasteiger partial charge in [0, 0.05) is 5.56 Å². The molecule has 160 valence electrons. The lowest BCUT2D eigenvalue weighted by Crippen LogP contribution is -2.46. The van der Waals surface area contributed by atoms with Crippen LogP contribution in [0.1, 0.15) is 56.8 Å². The van der Waals surface area contributed by atoms with Gasteiger partial charge in [0.1, 0.15) is 6.04 Å². The van der Waals surface area contributed by atoms with Crippen LogP contribution in [0.15, 0.2) is 24.3 Å². The summed E-state index contributed by atoms with van der Waals surface area (Å²) in [5.41, 5.74) is 0.661. The van der Waals surface area contributed by atoms with Crippen molar-refractivity contribution >= 4 is 35.2 Å². The Bertz CT molecular complexity index is 871. The van der Waals surface area contributed by atoms with Gasteiger partial charge in [-0.15, -0.1) is 0 Å². The van der Waals surface area contributed by atoms with Crippen molar-refractivity contribution in [1.82, 2.24) is 4.90 Å². The lowest BCUT2D eigenvalue weighted by molar-refractivity contribution is -0.163. The first-order valence-electron chi connectivity index (χ1n) is 10.2. The van der Waals surface area contributed by atoms with Gasteiger partial charge in [-0.2, -0.15) is 0 Å². The minimum atomic E-state index is -1.17. The number of esters is 1. The molecule has 1 aromatic rings. The third kappa shape index (κ3) is 4.13. The third-order valence-electron chi connectivity index (χ3n) is 5.83. The molecule has 1 aromatic carbocycles. The number of ether oxygens (including phenoxy) is 1. The Balaban J connectivity index is 1.64. The molecule has 0 radical (unpaired) electrons. The van der Waals surface area contributed by atoms with Gasteiger partial charge >= 0.3 is 5.97 Å². The molecule has 0 aromatic heterocycles. The molecule has 3 rings (SSSR count). The number of likely N-dealkylation sites (tertiary alicyclic amines) is 1. The number of imide groups is 1. The summed E-state index contributed by atoms with van der Waals surface area (Å²) in [5, 5.41) is 2.58. The van der Waals surface area contributed by atoms with Crippen molar-refractivity contribution in [2.45, 2.75) is 58.6 Å². The van der Waals surface area contributed by atoms with Crippen LogP contribution in [0, 0.1) is 11.8 Å². The monoisotopic (exact) mass is 414 g/mol. The number of hydrogen-bond donors (Lipinski definition) is 1. The molecule has 0 unspecified atom stereocenters. The van der Waals surface area contributed by atoms with E-state index in [9.17, 15) is 24.0 Å². The van der Waals surface area contributed by atoms with Crippen LogP contribution in [0.5, 0.6) is 0 Å². The van der Waals surface area contributed by atoms with E-state index >= 15 is 0 Å². The van der Waals surface area contributed by atoms with Crippen LogP contribution in [0.3, 0.4) is 0 Å². The fourth-order valence-electron chi connectivity index (χ4n) is 4.13. The maximum Gasteiger partial charge on any atom is 0.329 e. The number of para-hydroxylation sites is 1. The first-order chi connectivity index (χ1) is 14.2. The summed E-state index contributed by atoms with van der Waals surface area (Å²) in [6.07, 6.45) is 1.93. The number of nitrogens with zero attached hydrogens (tertiary/aromatic N) is 1. The smallest absolute Gasteiger partial charge is 0.329 e. The van der Waals surface area contributed by atoms with Crippen molar-refractivity contribution < 1.29 is 28.7 Å². The van der Waals surface area contributed by atoms with Crippen molar-refractivity contribution in [3.05, 3.63) is 29.8 Å². The third-order valence-corrected chi connectivity index (χ3v) is 5.83. The van der Waals surface area contributed by atoms with Crippen molar-refractivity contribution in [2.75, 3.05) is 5.32 Å². The molecule has 1 aliphatic carbocycles. The van der Waals surface area contributed by atoms with Gasteiger partial charge in [-0.1, -0.05) is 25.0 Å². The van der Waals surface area contributed by atoms with Gasteiger partial charge in [0.25, 0.3) is 5.91 Å². The number of benzene rings is 1. The maximum absolute atomic E-state index is 12.6. The Morgan fingerprint density at radius 3 is 2.17 bits per heavy atom. The molecular formula is C22H26N2O6. The van der Waals surface area contributed by atoms with Gasteiger partial charge in [-0.3, -0.25) is 24.1 Å². The molecule has 1 N–H and O–H groups in total. The summed E-state index contributed by atoms with van der Waals surface area (Å²) in [7, 11) is 0. The predicted octanol–water partition coefficient (Wildman–Crippen LogP) is 2.32. The standard InChI is InChI=1S/C22H26N2O6/c1-12(24-20(27)16-9-4-5-10-17(16)21(24)28)22(29)30-14(3)19(26)23-18-11-7-6-8-15(18)13(2)25/h6-8,11-12,14,16-17H,4-5,9-10H2,1-3H3,(H,23,26)/t12-,14+,16-,17-/m0/s1. The summed E-state index contributed by atoms with van der Waals surface area (Å²) in [5.74, 6) is -3.02. The first kappa shape index (κ1) is 21.7. The largest absolute Gasteiger partial charge is 0.451 e. The molecule has 4 atom stereocenters. The highest BCUT2D eigenvalue weighted by Gasteiger charge is 2.51. The van der Waals surface area contributed by atoms with Crippen molar-refractivity contribution in [2.24, 2.45) is 11.8 Å².